The maximum atomic E-state index is 10.8. The normalized spacial score (nSPS) is 41.5. The molecule has 1 heterocycles. The van der Waals surface area contributed by atoms with E-state index >= 15 is 0 Å². The maximum Gasteiger partial charge on any atom is 0.188 e. The van der Waals surface area contributed by atoms with Gasteiger partial charge in [-0.25, -0.2) is 0 Å². The lowest BCUT2D eigenvalue weighted by Crippen LogP contribution is -2.57. The van der Waals surface area contributed by atoms with Crippen molar-refractivity contribution in [3.05, 3.63) is 0 Å². The molecule has 0 aliphatic carbocycles. The van der Waals surface area contributed by atoms with Crippen LogP contribution in [0.2, 0.25) is 0 Å². The molecule has 0 spiro atoms. The summed E-state index contributed by atoms with van der Waals surface area (Å²) in [5, 5.41) is 36.8. The second-order valence-corrected chi connectivity index (χ2v) is 4.58. The van der Waals surface area contributed by atoms with Gasteiger partial charge in [-0.1, -0.05) is 11.8 Å². The number of hydrogen-bond donors (Lipinski definition) is 4. The van der Waals surface area contributed by atoms with Gasteiger partial charge >= 0.3 is 0 Å². The zero-order chi connectivity index (χ0) is 11.6. The largest absolute Gasteiger partial charge is 0.394 e. The Balaban J connectivity index is 2.69. The summed E-state index contributed by atoms with van der Waals surface area (Å²) >= 11 is 0.715. The molecule has 0 saturated carbocycles. The lowest BCUT2D eigenvalue weighted by molar-refractivity contribution is -0.205. The van der Waals surface area contributed by atoms with E-state index in [9.17, 15) is 20.1 Å². The van der Waals surface area contributed by atoms with Crippen LogP contribution in [0.25, 0.3) is 0 Å². The summed E-state index contributed by atoms with van der Waals surface area (Å²) in [7, 11) is 0. The Kier molecular flexibility index (Phi) is 4.50. The second-order valence-electron chi connectivity index (χ2n) is 3.31. The highest BCUT2D eigenvalue weighted by atomic mass is 32.2. The molecule has 1 rings (SSSR count). The first-order valence-corrected chi connectivity index (χ1v) is 5.33. The number of rotatable bonds is 2. The molecule has 15 heavy (non-hydrogen) atoms. The van der Waals surface area contributed by atoms with Crippen molar-refractivity contribution >= 4 is 16.9 Å². The molecule has 0 unspecified atom stereocenters. The molecule has 0 aromatic carbocycles. The monoisotopic (exact) mass is 238 g/mol. The van der Waals surface area contributed by atoms with Crippen molar-refractivity contribution < 1.29 is 30.0 Å². The molecule has 6 nitrogen and oxygen atoms in total. The number of aliphatic hydroxyl groups excluding tert-OH is 4. The van der Waals surface area contributed by atoms with Gasteiger partial charge < -0.3 is 25.2 Å². The quantitative estimate of drug-likeness (QED) is 0.443. The van der Waals surface area contributed by atoms with Gasteiger partial charge in [-0.05, 0) is 0 Å². The third-order valence-electron chi connectivity index (χ3n) is 2.13. The number of hydrogen-bond acceptors (Lipinski definition) is 7. The van der Waals surface area contributed by atoms with Gasteiger partial charge in [0.25, 0.3) is 0 Å². The molecule has 88 valence electrons. The minimum absolute atomic E-state index is 0.278. The van der Waals surface area contributed by atoms with Crippen LogP contribution in [0, 0.1) is 0 Å². The molecule has 5 atom stereocenters. The first-order valence-electron chi connectivity index (χ1n) is 4.45. The van der Waals surface area contributed by atoms with E-state index in [0.29, 0.717) is 11.8 Å². The Labute approximate surface area is 90.9 Å². The van der Waals surface area contributed by atoms with Crippen LogP contribution in [0.4, 0.5) is 0 Å². The molecule has 0 amide bonds. The number of ether oxygens (including phenoxy) is 1. The van der Waals surface area contributed by atoms with Crippen molar-refractivity contribution in [2.24, 2.45) is 0 Å². The van der Waals surface area contributed by atoms with Crippen LogP contribution in [0.15, 0.2) is 0 Å². The molecule has 0 bridgehead atoms. The summed E-state index contributed by atoms with van der Waals surface area (Å²) in [5.41, 5.74) is -0.960. The molecule has 0 aromatic heterocycles. The predicted molar refractivity (Wildman–Crippen MR) is 52.0 cm³/mol. The number of carbonyl (C=O) groups excluding carboxylic acids is 1. The van der Waals surface area contributed by atoms with Gasteiger partial charge in [0.1, 0.15) is 29.9 Å². The Bertz CT molecular complexity index is 233. The lowest BCUT2D eigenvalue weighted by Gasteiger charge is -2.39. The van der Waals surface area contributed by atoms with E-state index in [1.54, 1.807) is 0 Å². The average Bonchev–Trinajstić information content (AvgIpc) is 2.18. The SMILES string of the molecule is CC(=O)S[C@@H]1O[C@H](CO)[C@H](O)[C@H](O)[C@H]1O. The van der Waals surface area contributed by atoms with Crippen LogP contribution < -0.4 is 0 Å². The van der Waals surface area contributed by atoms with Gasteiger partial charge in [-0.2, -0.15) is 0 Å². The maximum absolute atomic E-state index is 10.8. The fourth-order valence-electron chi connectivity index (χ4n) is 1.33. The molecule has 0 radical (unpaired) electrons. The van der Waals surface area contributed by atoms with Crippen LogP contribution in [0.5, 0.6) is 0 Å². The predicted octanol–water partition coefficient (Wildman–Crippen LogP) is -1.93. The Morgan fingerprint density at radius 2 is 1.87 bits per heavy atom. The zero-order valence-electron chi connectivity index (χ0n) is 8.11. The van der Waals surface area contributed by atoms with E-state index in [1.807, 2.05) is 0 Å². The first-order chi connectivity index (χ1) is 6.97. The van der Waals surface area contributed by atoms with Crippen LogP contribution >= 0.6 is 11.8 Å². The van der Waals surface area contributed by atoms with Gasteiger partial charge in [0, 0.05) is 6.92 Å². The van der Waals surface area contributed by atoms with Gasteiger partial charge in [-0.3, -0.25) is 4.79 Å². The highest BCUT2D eigenvalue weighted by Gasteiger charge is 2.44. The molecule has 4 N–H and O–H groups in total. The van der Waals surface area contributed by atoms with Crippen molar-refractivity contribution in [2.45, 2.75) is 36.8 Å². The number of aliphatic hydroxyl groups is 4. The van der Waals surface area contributed by atoms with Crippen LogP contribution in [0.1, 0.15) is 6.92 Å². The Morgan fingerprint density at radius 1 is 1.27 bits per heavy atom. The lowest BCUT2D eigenvalue weighted by atomic mass is 10.0. The van der Waals surface area contributed by atoms with Crippen molar-refractivity contribution in [3.8, 4) is 0 Å². The van der Waals surface area contributed by atoms with Crippen LogP contribution in [-0.2, 0) is 9.53 Å². The van der Waals surface area contributed by atoms with Crippen molar-refractivity contribution in [1.29, 1.82) is 0 Å². The summed E-state index contributed by atoms with van der Waals surface area (Å²) in [4.78, 5) is 10.8. The summed E-state index contributed by atoms with van der Waals surface area (Å²) in [5.74, 6) is 0. The van der Waals surface area contributed by atoms with E-state index < -0.39 is 36.5 Å². The molecule has 1 fully saturated rings. The Hall–Kier alpha value is -0.180. The zero-order valence-corrected chi connectivity index (χ0v) is 8.92. The topological polar surface area (TPSA) is 107 Å². The van der Waals surface area contributed by atoms with Gasteiger partial charge in [0.05, 0.1) is 6.61 Å². The van der Waals surface area contributed by atoms with E-state index in [-0.39, 0.29) is 5.12 Å². The minimum atomic E-state index is -1.42. The second kappa shape index (κ2) is 5.24. The summed E-state index contributed by atoms with van der Waals surface area (Å²) in [6.45, 7) is 0.812. The molecule has 7 heteroatoms. The standard InChI is InChI=1S/C8H14O6S/c1-3(10)15-8-7(13)6(12)5(11)4(2-9)14-8/h4-9,11-13H,2H2,1H3/t4-,5+,6+,7-,8+/m1/s1. The smallest absolute Gasteiger partial charge is 0.188 e. The van der Waals surface area contributed by atoms with Crippen molar-refractivity contribution in [2.75, 3.05) is 6.61 Å². The molecular formula is C8H14O6S. The molecular weight excluding hydrogens is 224 g/mol. The molecule has 1 saturated heterocycles. The van der Waals surface area contributed by atoms with Gasteiger partial charge in [0.2, 0.25) is 0 Å². The summed E-state index contributed by atoms with van der Waals surface area (Å²) in [6.07, 6.45) is -5.11. The number of carbonyl (C=O) groups is 1. The highest BCUT2D eigenvalue weighted by molar-refractivity contribution is 8.14. The summed E-state index contributed by atoms with van der Waals surface area (Å²) in [6, 6.07) is 0. The van der Waals surface area contributed by atoms with Crippen molar-refractivity contribution in [3.63, 3.8) is 0 Å². The third-order valence-corrected chi connectivity index (χ3v) is 3.08. The van der Waals surface area contributed by atoms with E-state index in [4.69, 9.17) is 9.84 Å². The minimum Gasteiger partial charge on any atom is -0.394 e. The van der Waals surface area contributed by atoms with E-state index in [2.05, 4.69) is 0 Å². The average molecular weight is 238 g/mol. The third kappa shape index (κ3) is 2.90. The molecule has 1 aliphatic heterocycles. The van der Waals surface area contributed by atoms with Gasteiger partial charge in [0.15, 0.2) is 5.12 Å². The summed E-state index contributed by atoms with van der Waals surface area (Å²) < 4.78 is 5.07. The Morgan fingerprint density at radius 3 is 2.33 bits per heavy atom. The fraction of sp³-hybridized carbons (Fsp3) is 0.875. The van der Waals surface area contributed by atoms with Crippen LogP contribution in [0.3, 0.4) is 0 Å². The number of thioether (sulfide) groups is 1. The van der Waals surface area contributed by atoms with Gasteiger partial charge in [-0.15, -0.1) is 0 Å². The fourth-order valence-corrected chi connectivity index (χ4v) is 2.15. The highest BCUT2D eigenvalue weighted by Crippen LogP contribution is 2.28. The van der Waals surface area contributed by atoms with Crippen LogP contribution in [-0.4, -0.2) is 62.0 Å². The molecule has 0 aromatic rings. The van der Waals surface area contributed by atoms with E-state index in [1.165, 1.54) is 6.92 Å². The first kappa shape index (κ1) is 12.9. The van der Waals surface area contributed by atoms with E-state index in [0.717, 1.165) is 0 Å². The molecule has 1 aliphatic rings. The van der Waals surface area contributed by atoms with Crippen molar-refractivity contribution in [1.82, 2.24) is 0 Å².